The Kier molecular flexibility index (Phi) is 11.3. The number of rotatable bonds is 13. The van der Waals surface area contributed by atoms with Crippen molar-refractivity contribution < 1.29 is 27.5 Å². The molecule has 0 fully saturated rings. The third-order valence-corrected chi connectivity index (χ3v) is 9.26. The minimum atomic E-state index is -4.25. The molecule has 0 bridgehead atoms. The maximum absolute atomic E-state index is 14.7. The highest BCUT2D eigenvalue weighted by Crippen LogP contribution is 2.34. The normalized spacial score (nSPS) is 12.1. The smallest absolute Gasteiger partial charge is 0.264 e. The lowest BCUT2D eigenvalue weighted by Gasteiger charge is -2.35. The first-order valence-electron chi connectivity index (χ1n) is 15.3. The van der Waals surface area contributed by atoms with Gasteiger partial charge in [-0.25, -0.2) is 8.42 Å². The molecule has 47 heavy (non-hydrogen) atoms. The van der Waals surface area contributed by atoms with E-state index in [9.17, 15) is 18.0 Å². The Hall–Kier alpha value is -4.83. The maximum atomic E-state index is 14.7. The lowest BCUT2D eigenvalue weighted by molar-refractivity contribution is -0.140. The zero-order chi connectivity index (χ0) is 34.2. The molecule has 0 aliphatic heterocycles. The Balaban J connectivity index is 1.85. The molecule has 4 rings (SSSR count). The lowest BCUT2D eigenvalue weighted by atomic mass is 10.0. The zero-order valence-corrected chi connectivity index (χ0v) is 28.6. The first-order valence-corrected chi connectivity index (χ1v) is 16.8. The van der Waals surface area contributed by atoms with Crippen molar-refractivity contribution in [3.63, 3.8) is 0 Å². The van der Waals surface area contributed by atoms with Gasteiger partial charge in [0, 0.05) is 24.6 Å². The fourth-order valence-corrected chi connectivity index (χ4v) is 6.67. The molecule has 0 aliphatic rings. The number of amides is 2. The Bertz CT molecular complexity index is 1770. The van der Waals surface area contributed by atoms with Crippen molar-refractivity contribution in [2.24, 2.45) is 0 Å². The van der Waals surface area contributed by atoms with Crippen LogP contribution in [0.1, 0.15) is 37.5 Å². The van der Waals surface area contributed by atoms with Crippen LogP contribution in [0, 0.1) is 6.92 Å². The highest BCUT2D eigenvalue weighted by Gasteiger charge is 2.36. The van der Waals surface area contributed by atoms with Gasteiger partial charge in [0.25, 0.3) is 10.0 Å². The fraction of sp³-hybridized carbons (Fsp3) is 0.297. The van der Waals surface area contributed by atoms with Crippen LogP contribution < -0.4 is 19.1 Å². The van der Waals surface area contributed by atoms with Gasteiger partial charge in [0.05, 0.1) is 24.8 Å². The molecule has 0 unspecified atom stereocenters. The second-order valence-electron chi connectivity index (χ2n) is 12.3. The number of methoxy groups -OCH3 is 2. The Morgan fingerprint density at radius 1 is 0.787 bits per heavy atom. The van der Waals surface area contributed by atoms with E-state index in [2.05, 4.69) is 5.32 Å². The number of nitrogens with one attached hydrogen (secondary N) is 1. The monoisotopic (exact) mass is 657 g/mol. The van der Waals surface area contributed by atoms with Crippen LogP contribution in [0.15, 0.2) is 108 Å². The number of benzene rings is 4. The van der Waals surface area contributed by atoms with Crippen molar-refractivity contribution >= 4 is 27.5 Å². The molecule has 0 aliphatic carbocycles. The Morgan fingerprint density at radius 3 is 2.00 bits per heavy atom. The number of carbonyl (C=O) groups excluding carboxylic acids is 2. The molecule has 0 saturated carbocycles. The molecular weight excluding hydrogens is 614 g/mol. The minimum absolute atomic E-state index is 0.0131. The summed E-state index contributed by atoms with van der Waals surface area (Å²) < 4.78 is 40.4. The number of anilines is 1. The summed E-state index contributed by atoms with van der Waals surface area (Å²) in [6.45, 7) is 7.09. The minimum Gasteiger partial charge on any atom is -0.493 e. The first-order chi connectivity index (χ1) is 22.3. The van der Waals surface area contributed by atoms with Crippen LogP contribution in [0.2, 0.25) is 0 Å². The van der Waals surface area contributed by atoms with E-state index in [-0.39, 0.29) is 29.5 Å². The van der Waals surface area contributed by atoms with E-state index in [1.807, 2.05) is 82.3 Å². The summed E-state index contributed by atoms with van der Waals surface area (Å²) in [6, 6.07) is 28.8. The van der Waals surface area contributed by atoms with Crippen molar-refractivity contribution in [3.8, 4) is 11.5 Å². The number of carbonyl (C=O) groups is 2. The summed E-state index contributed by atoms with van der Waals surface area (Å²) in [5.41, 5.74) is 2.29. The number of hydrogen-bond donors (Lipinski definition) is 1. The summed E-state index contributed by atoms with van der Waals surface area (Å²) in [6.07, 6.45) is 0.224. The first kappa shape index (κ1) is 35.0. The van der Waals surface area contributed by atoms with E-state index in [4.69, 9.17) is 9.47 Å². The van der Waals surface area contributed by atoms with Crippen LogP contribution in [-0.2, 0) is 32.6 Å². The van der Waals surface area contributed by atoms with Crippen LogP contribution in [-0.4, -0.2) is 57.5 Å². The molecule has 0 saturated heterocycles. The van der Waals surface area contributed by atoms with Gasteiger partial charge in [-0.2, -0.15) is 0 Å². The van der Waals surface area contributed by atoms with Crippen LogP contribution in [0.3, 0.4) is 0 Å². The summed E-state index contributed by atoms with van der Waals surface area (Å²) >= 11 is 0. The van der Waals surface area contributed by atoms with E-state index in [0.29, 0.717) is 11.5 Å². The van der Waals surface area contributed by atoms with Crippen LogP contribution >= 0.6 is 0 Å². The third-order valence-electron chi connectivity index (χ3n) is 7.47. The molecule has 0 heterocycles. The molecule has 1 atom stereocenters. The van der Waals surface area contributed by atoms with Gasteiger partial charge >= 0.3 is 0 Å². The Morgan fingerprint density at radius 2 is 1.40 bits per heavy atom. The molecule has 4 aromatic carbocycles. The Labute approximate surface area is 278 Å². The molecule has 4 aromatic rings. The second-order valence-corrected chi connectivity index (χ2v) is 14.2. The average Bonchev–Trinajstić information content (AvgIpc) is 3.04. The molecular formula is C37H43N3O6S. The molecule has 1 N–H and O–H groups in total. The number of hydrogen-bond acceptors (Lipinski definition) is 6. The molecule has 0 radical (unpaired) electrons. The molecule has 0 spiro atoms. The van der Waals surface area contributed by atoms with Crippen LogP contribution in [0.25, 0.3) is 0 Å². The van der Waals surface area contributed by atoms with Gasteiger partial charge in [0.1, 0.15) is 12.6 Å². The molecule has 2 amide bonds. The van der Waals surface area contributed by atoms with E-state index in [1.165, 1.54) is 37.3 Å². The third kappa shape index (κ3) is 9.13. The quantitative estimate of drug-likeness (QED) is 0.196. The number of sulfonamides is 1. The highest BCUT2D eigenvalue weighted by molar-refractivity contribution is 7.92. The molecule has 10 heteroatoms. The molecule has 9 nitrogen and oxygen atoms in total. The number of aryl methyl sites for hydroxylation is 1. The molecule has 248 valence electrons. The van der Waals surface area contributed by atoms with Crippen LogP contribution in [0.4, 0.5) is 5.69 Å². The average molecular weight is 658 g/mol. The van der Waals surface area contributed by atoms with Crippen molar-refractivity contribution in [2.75, 3.05) is 25.1 Å². The van der Waals surface area contributed by atoms with Crippen LogP contribution in [0.5, 0.6) is 11.5 Å². The van der Waals surface area contributed by atoms with E-state index >= 15 is 0 Å². The van der Waals surface area contributed by atoms with Crippen molar-refractivity contribution in [1.82, 2.24) is 10.2 Å². The van der Waals surface area contributed by atoms with Gasteiger partial charge in [0.2, 0.25) is 11.8 Å². The van der Waals surface area contributed by atoms with Gasteiger partial charge < -0.3 is 19.7 Å². The lowest BCUT2D eigenvalue weighted by Crippen LogP contribution is -2.56. The molecule has 0 aromatic heterocycles. The predicted octanol–water partition coefficient (Wildman–Crippen LogP) is 5.76. The summed E-state index contributed by atoms with van der Waals surface area (Å²) in [5.74, 6) is -0.187. The fourth-order valence-electron chi connectivity index (χ4n) is 5.24. The van der Waals surface area contributed by atoms with Gasteiger partial charge in [-0.3, -0.25) is 13.9 Å². The predicted molar refractivity (Wildman–Crippen MR) is 184 cm³/mol. The van der Waals surface area contributed by atoms with E-state index in [0.717, 1.165) is 21.0 Å². The zero-order valence-electron chi connectivity index (χ0n) is 27.8. The SMILES string of the molecule is COc1ccc(N(CC(=O)N(Cc2cccc(C)c2)[C@H](Cc2ccccc2)C(=O)NC(C)(C)C)S(=O)(=O)c2ccccc2)cc1OC. The highest BCUT2D eigenvalue weighted by atomic mass is 32.2. The van der Waals surface area contributed by atoms with E-state index < -0.39 is 34.1 Å². The van der Waals surface area contributed by atoms with Crippen molar-refractivity contribution in [3.05, 3.63) is 120 Å². The van der Waals surface area contributed by atoms with E-state index in [1.54, 1.807) is 30.3 Å². The second kappa shape index (κ2) is 15.2. The van der Waals surface area contributed by atoms with Gasteiger partial charge in [-0.05, 0) is 63.1 Å². The maximum Gasteiger partial charge on any atom is 0.264 e. The number of ether oxygens (including phenoxy) is 2. The summed E-state index contributed by atoms with van der Waals surface area (Å²) in [4.78, 5) is 30.2. The summed E-state index contributed by atoms with van der Waals surface area (Å²) in [5, 5.41) is 3.05. The topological polar surface area (TPSA) is 105 Å². The largest absolute Gasteiger partial charge is 0.493 e. The van der Waals surface area contributed by atoms with Gasteiger partial charge in [0.15, 0.2) is 11.5 Å². The number of nitrogens with zero attached hydrogens (tertiary/aromatic N) is 2. The standard InChI is InChI=1S/C37H43N3O6S/c1-27-14-13-17-29(22-27)25-39(32(36(42)38-37(2,3)4)23-28-15-9-7-10-16-28)35(41)26-40(47(43,44)31-18-11-8-12-19-31)30-20-21-33(45-5)34(24-30)46-6/h7-22,24,32H,23,25-26H2,1-6H3,(H,38,42)/t32-/m1/s1. The van der Waals surface area contributed by atoms with Gasteiger partial charge in [-0.15, -0.1) is 0 Å². The van der Waals surface area contributed by atoms with Crippen molar-refractivity contribution in [2.45, 2.75) is 57.1 Å². The van der Waals surface area contributed by atoms with Gasteiger partial charge in [-0.1, -0.05) is 78.4 Å². The summed E-state index contributed by atoms with van der Waals surface area (Å²) in [7, 11) is -1.31. The van der Waals surface area contributed by atoms with Crippen molar-refractivity contribution in [1.29, 1.82) is 0 Å².